The van der Waals surface area contributed by atoms with Gasteiger partial charge in [-0.15, -0.1) is 0 Å². The Morgan fingerprint density at radius 3 is 2.90 bits per heavy atom. The summed E-state index contributed by atoms with van der Waals surface area (Å²) in [5.74, 6) is -0.218. The first-order chi connectivity index (χ1) is 14.4. The van der Waals surface area contributed by atoms with E-state index >= 15 is 0 Å². The molecule has 4 N–H and O–H groups in total. The lowest BCUT2D eigenvalue weighted by atomic mass is 9.97. The minimum Gasteiger partial charge on any atom is -0.491 e. The fraction of sp³-hybridized carbons (Fsp3) is 0.400. The molecule has 1 fully saturated rings. The minimum absolute atomic E-state index is 0.134. The van der Waals surface area contributed by atoms with E-state index in [9.17, 15) is 14.9 Å². The Labute approximate surface area is 172 Å². The number of aromatic nitrogens is 1. The number of nitrogens with zero attached hydrogens (tertiary/aromatic N) is 3. The van der Waals surface area contributed by atoms with Crippen LogP contribution in [0.2, 0.25) is 0 Å². The quantitative estimate of drug-likeness (QED) is 0.413. The van der Waals surface area contributed by atoms with E-state index in [2.05, 4.69) is 9.88 Å². The summed E-state index contributed by atoms with van der Waals surface area (Å²) in [7, 11) is 1.98. The number of likely N-dealkylation sites (tertiary alicyclic amines) is 1. The Hall–Kier alpha value is -3.40. The average molecular weight is 413 g/mol. The summed E-state index contributed by atoms with van der Waals surface area (Å²) >= 11 is 0. The van der Waals surface area contributed by atoms with Crippen molar-refractivity contribution in [1.29, 1.82) is 0 Å². The number of rotatable bonds is 6. The number of pyridine rings is 1. The number of amides is 1. The highest BCUT2D eigenvalue weighted by molar-refractivity contribution is 6.05. The van der Waals surface area contributed by atoms with E-state index in [1.54, 1.807) is 6.07 Å². The van der Waals surface area contributed by atoms with Crippen molar-refractivity contribution in [3.05, 3.63) is 39.6 Å². The van der Waals surface area contributed by atoms with Gasteiger partial charge in [0, 0.05) is 23.4 Å². The van der Waals surface area contributed by atoms with Crippen molar-refractivity contribution in [2.24, 2.45) is 5.73 Å². The molecule has 2 aromatic rings. The first kappa shape index (κ1) is 19.9. The van der Waals surface area contributed by atoms with Gasteiger partial charge in [0.25, 0.3) is 5.91 Å². The molecule has 3 heterocycles. The highest BCUT2D eigenvalue weighted by atomic mass is 16.6. The van der Waals surface area contributed by atoms with E-state index in [0.717, 1.165) is 31.4 Å². The first-order valence-corrected chi connectivity index (χ1v) is 9.72. The number of anilines is 1. The number of carbonyl (C=O) groups is 1. The lowest BCUT2D eigenvalue weighted by Crippen LogP contribution is -2.48. The molecule has 158 valence electrons. The number of nitro benzene ring substituents is 1. The number of benzene rings is 1. The maximum atomic E-state index is 12.0. The molecule has 30 heavy (non-hydrogen) atoms. The molecule has 2 aliphatic heterocycles. The zero-order valence-electron chi connectivity index (χ0n) is 16.6. The molecule has 1 saturated heterocycles. The third-order valence-corrected chi connectivity index (χ3v) is 5.67. The van der Waals surface area contributed by atoms with Crippen LogP contribution in [0.5, 0.6) is 11.6 Å². The largest absolute Gasteiger partial charge is 0.491 e. The maximum absolute atomic E-state index is 12.0. The zero-order valence-corrected chi connectivity index (χ0v) is 16.6. The van der Waals surface area contributed by atoms with E-state index in [0.29, 0.717) is 24.7 Å². The SMILES string of the molecule is CN1CCC1COc1cc(-c2cnc3c(c2)CCCO3)c([N+](=O)[O-])c(N)c1C(N)=O. The first-order valence-electron chi connectivity index (χ1n) is 9.72. The zero-order chi connectivity index (χ0) is 21.4. The van der Waals surface area contributed by atoms with Gasteiger partial charge in [0.1, 0.15) is 23.6 Å². The van der Waals surface area contributed by atoms with Crippen molar-refractivity contribution in [2.45, 2.75) is 25.3 Å². The number of ether oxygens (including phenoxy) is 2. The molecule has 10 heteroatoms. The molecule has 4 rings (SSSR count). The Balaban J connectivity index is 1.82. The Kier molecular flexibility index (Phi) is 5.17. The third-order valence-electron chi connectivity index (χ3n) is 5.67. The fourth-order valence-corrected chi connectivity index (χ4v) is 3.80. The van der Waals surface area contributed by atoms with Gasteiger partial charge in [-0.25, -0.2) is 4.98 Å². The summed E-state index contributed by atoms with van der Waals surface area (Å²) in [5.41, 5.74) is 12.3. The number of hydrogen-bond donors (Lipinski definition) is 2. The van der Waals surface area contributed by atoms with E-state index in [-0.39, 0.29) is 28.6 Å². The second kappa shape index (κ2) is 7.79. The summed E-state index contributed by atoms with van der Waals surface area (Å²) in [6.07, 6.45) is 4.06. The van der Waals surface area contributed by atoms with E-state index in [1.807, 2.05) is 7.05 Å². The molecule has 1 amide bonds. The smallest absolute Gasteiger partial charge is 0.301 e. The summed E-state index contributed by atoms with van der Waals surface area (Å²) in [6.45, 7) is 1.88. The van der Waals surface area contributed by atoms with Gasteiger partial charge in [0.05, 0.1) is 17.1 Å². The van der Waals surface area contributed by atoms with Gasteiger partial charge in [0.15, 0.2) is 0 Å². The fourth-order valence-electron chi connectivity index (χ4n) is 3.80. The summed E-state index contributed by atoms with van der Waals surface area (Å²) in [6, 6.07) is 3.46. The van der Waals surface area contributed by atoms with Crippen LogP contribution in [-0.2, 0) is 6.42 Å². The van der Waals surface area contributed by atoms with Crippen LogP contribution in [-0.4, -0.2) is 53.6 Å². The molecule has 1 aromatic carbocycles. The Bertz CT molecular complexity index is 1030. The van der Waals surface area contributed by atoms with Crippen molar-refractivity contribution in [2.75, 3.05) is 32.5 Å². The number of primary amides is 1. The normalized spacial score (nSPS) is 18.1. The predicted octanol–water partition coefficient (Wildman–Crippen LogP) is 1.75. The average Bonchev–Trinajstić information content (AvgIpc) is 2.71. The van der Waals surface area contributed by atoms with Crippen molar-refractivity contribution >= 4 is 17.3 Å². The van der Waals surface area contributed by atoms with Crippen LogP contribution in [0, 0.1) is 10.1 Å². The van der Waals surface area contributed by atoms with Gasteiger partial charge in [0.2, 0.25) is 5.88 Å². The number of likely N-dealkylation sites (N-methyl/N-ethyl adjacent to an activating group) is 1. The highest BCUT2D eigenvalue weighted by Crippen LogP contribution is 2.43. The lowest BCUT2D eigenvalue weighted by Gasteiger charge is -2.37. The second-order valence-corrected chi connectivity index (χ2v) is 7.56. The van der Waals surface area contributed by atoms with Crippen LogP contribution in [0.4, 0.5) is 11.4 Å². The van der Waals surface area contributed by atoms with Gasteiger partial charge in [-0.2, -0.15) is 0 Å². The van der Waals surface area contributed by atoms with E-state index < -0.39 is 16.5 Å². The van der Waals surface area contributed by atoms with Gasteiger partial charge < -0.3 is 20.9 Å². The number of nitrogen functional groups attached to an aromatic ring is 1. The van der Waals surface area contributed by atoms with Crippen molar-refractivity contribution in [3.8, 4) is 22.8 Å². The standard InChI is InChI=1S/C20H23N5O5/c1-24-5-4-13(24)10-30-15-8-14(18(25(27)28)17(21)16(15)19(22)26)12-7-11-3-2-6-29-20(11)23-9-12/h7-9,13H,2-6,10,21H2,1H3,(H2,22,26). The highest BCUT2D eigenvalue weighted by Gasteiger charge is 2.31. The van der Waals surface area contributed by atoms with Gasteiger partial charge >= 0.3 is 5.69 Å². The molecule has 0 saturated carbocycles. The molecule has 1 atom stereocenters. The molecule has 10 nitrogen and oxygen atoms in total. The van der Waals surface area contributed by atoms with Crippen LogP contribution in [0.1, 0.15) is 28.8 Å². The molecule has 2 aliphatic rings. The number of carbonyl (C=O) groups excluding carboxylic acids is 1. The van der Waals surface area contributed by atoms with E-state index in [1.165, 1.54) is 12.3 Å². The molecular weight excluding hydrogens is 390 g/mol. The van der Waals surface area contributed by atoms with Crippen molar-refractivity contribution < 1.29 is 19.2 Å². The minimum atomic E-state index is -0.879. The van der Waals surface area contributed by atoms with Crippen LogP contribution in [0.25, 0.3) is 11.1 Å². The molecule has 0 spiro atoms. The molecule has 1 unspecified atom stereocenters. The number of aryl methyl sites for hydroxylation is 1. The Morgan fingerprint density at radius 1 is 1.47 bits per heavy atom. The van der Waals surface area contributed by atoms with Crippen LogP contribution in [0.15, 0.2) is 18.3 Å². The topological polar surface area (TPSA) is 147 Å². The number of fused-ring (bicyclic) bond motifs is 1. The monoisotopic (exact) mass is 413 g/mol. The number of hydrogen-bond acceptors (Lipinski definition) is 8. The molecule has 0 aliphatic carbocycles. The molecule has 0 bridgehead atoms. The molecular formula is C20H23N5O5. The van der Waals surface area contributed by atoms with Gasteiger partial charge in [-0.05, 0) is 45.0 Å². The molecule has 0 radical (unpaired) electrons. The molecule has 1 aromatic heterocycles. The second-order valence-electron chi connectivity index (χ2n) is 7.56. The number of nitro groups is 1. The lowest BCUT2D eigenvalue weighted by molar-refractivity contribution is -0.383. The van der Waals surface area contributed by atoms with E-state index in [4.69, 9.17) is 20.9 Å². The summed E-state index contributed by atoms with van der Waals surface area (Å²) in [4.78, 5) is 29.7. The van der Waals surface area contributed by atoms with Gasteiger partial charge in [-0.3, -0.25) is 19.8 Å². The summed E-state index contributed by atoms with van der Waals surface area (Å²) < 4.78 is 11.4. The van der Waals surface area contributed by atoms with Crippen LogP contribution in [0.3, 0.4) is 0 Å². The van der Waals surface area contributed by atoms with Crippen molar-refractivity contribution in [1.82, 2.24) is 9.88 Å². The van der Waals surface area contributed by atoms with Crippen molar-refractivity contribution in [3.63, 3.8) is 0 Å². The van der Waals surface area contributed by atoms with Crippen LogP contribution < -0.4 is 20.9 Å². The maximum Gasteiger partial charge on any atom is 0.301 e. The summed E-state index contributed by atoms with van der Waals surface area (Å²) in [5, 5.41) is 11.8. The van der Waals surface area contributed by atoms with Crippen LogP contribution >= 0.6 is 0 Å². The third kappa shape index (κ3) is 3.50. The number of nitrogens with two attached hydrogens (primary N) is 2. The van der Waals surface area contributed by atoms with Gasteiger partial charge in [-0.1, -0.05) is 0 Å². The Morgan fingerprint density at radius 2 is 2.27 bits per heavy atom. The predicted molar refractivity (Wildman–Crippen MR) is 110 cm³/mol.